The van der Waals surface area contributed by atoms with Crippen LogP contribution in [0.4, 0.5) is 14.6 Å². The normalized spacial score (nSPS) is 14.0. The molecule has 0 unspecified atom stereocenters. The maximum atomic E-state index is 14.0. The minimum absolute atomic E-state index is 0.282. The van der Waals surface area contributed by atoms with Crippen LogP contribution in [0.3, 0.4) is 0 Å². The van der Waals surface area contributed by atoms with Crippen molar-refractivity contribution in [1.82, 2.24) is 29.9 Å². The van der Waals surface area contributed by atoms with Gasteiger partial charge in [0, 0.05) is 26.2 Å². The molecule has 0 bridgehead atoms. The van der Waals surface area contributed by atoms with Gasteiger partial charge in [-0.1, -0.05) is 11.3 Å². The lowest BCUT2D eigenvalue weighted by Gasteiger charge is -2.35. The first-order valence-corrected chi connectivity index (χ1v) is 10.3. The fraction of sp³-hybridized carbons (Fsp3) is 0.227. The highest BCUT2D eigenvalue weighted by Crippen LogP contribution is 2.25. The second kappa shape index (κ2) is 8.41. The smallest absolute Gasteiger partial charge is 0.259 e. The minimum Gasteiger partial charge on any atom is -0.497 e. The Hall–Kier alpha value is -4.15. The number of fused-ring (bicyclic) bond motifs is 1. The van der Waals surface area contributed by atoms with Gasteiger partial charge in [-0.05, 0) is 36.4 Å². The molecule has 1 saturated heterocycles. The summed E-state index contributed by atoms with van der Waals surface area (Å²) in [7, 11) is 1.60. The number of anilines is 1. The molecule has 0 N–H and O–H groups in total. The lowest BCUT2D eigenvalue weighted by Crippen LogP contribution is -2.49. The van der Waals surface area contributed by atoms with Crippen LogP contribution in [0.25, 0.3) is 16.9 Å². The van der Waals surface area contributed by atoms with Crippen LogP contribution >= 0.6 is 0 Å². The third-order valence-corrected chi connectivity index (χ3v) is 5.58. The number of methoxy groups -OCH3 is 1. The Bertz CT molecular complexity index is 1300. The van der Waals surface area contributed by atoms with E-state index in [0.717, 1.165) is 23.6 Å². The van der Waals surface area contributed by atoms with Gasteiger partial charge in [0.05, 0.1) is 12.8 Å². The van der Waals surface area contributed by atoms with Gasteiger partial charge < -0.3 is 14.5 Å². The Kier molecular flexibility index (Phi) is 5.29. The van der Waals surface area contributed by atoms with Crippen molar-refractivity contribution < 1.29 is 18.3 Å². The first-order valence-electron chi connectivity index (χ1n) is 10.3. The Morgan fingerprint density at radius 3 is 2.33 bits per heavy atom. The fourth-order valence-electron chi connectivity index (χ4n) is 3.85. The van der Waals surface area contributed by atoms with Crippen LogP contribution in [0.5, 0.6) is 5.75 Å². The second-order valence-electron chi connectivity index (χ2n) is 7.44. The maximum absolute atomic E-state index is 14.0. The van der Waals surface area contributed by atoms with Crippen molar-refractivity contribution in [3.63, 3.8) is 0 Å². The molecule has 11 heteroatoms. The minimum atomic E-state index is -0.866. The second-order valence-corrected chi connectivity index (χ2v) is 7.44. The van der Waals surface area contributed by atoms with E-state index in [1.165, 1.54) is 17.3 Å². The van der Waals surface area contributed by atoms with E-state index in [0.29, 0.717) is 30.1 Å². The molecule has 1 aliphatic heterocycles. The van der Waals surface area contributed by atoms with Crippen LogP contribution in [0, 0.1) is 11.6 Å². The van der Waals surface area contributed by atoms with Gasteiger partial charge in [-0.3, -0.25) is 4.79 Å². The van der Waals surface area contributed by atoms with Gasteiger partial charge in [-0.25, -0.2) is 18.7 Å². The molecule has 0 aliphatic carbocycles. The number of amides is 1. The van der Waals surface area contributed by atoms with Crippen LogP contribution in [-0.2, 0) is 0 Å². The summed E-state index contributed by atoms with van der Waals surface area (Å²) in [5.74, 6) is -1.08. The van der Waals surface area contributed by atoms with E-state index in [1.54, 1.807) is 11.8 Å². The number of piperazine rings is 1. The Morgan fingerprint density at radius 1 is 0.970 bits per heavy atom. The number of hydrogen-bond donors (Lipinski definition) is 0. The van der Waals surface area contributed by atoms with Crippen LogP contribution in [0.1, 0.15) is 10.4 Å². The SMILES string of the molecule is COc1ccc(-n2nnc3c(N4CCN(C(=O)c5c(F)cccc5F)CC4)ncnc32)cc1. The highest BCUT2D eigenvalue weighted by molar-refractivity contribution is 5.95. The third kappa shape index (κ3) is 3.71. The van der Waals surface area contributed by atoms with E-state index >= 15 is 0 Å². The predicted molar refractivity (Wildman–Crippen MR) is 115 cm³/mol. The van der Waals surface area contributed by atoms with Crippen molar-refractivity contribution in [3.8, 4) is 11.4 Å². The van der Waals surface area contributed by atoms with Gasteiger partial charge in [0.25, 0.3) is 5.91 Å². The van der Waals surface area contributed by atoms with Gasteiger partial charge in [-0.2, -0.15) is 4.68 Å². The van der Waals surface area contributed by atoms with E-state index in [9.17, 15) is 13.6 Å². The van der Waals surface area contributed by atoms with Crippen LogP contribution in [0.15, 0.2) is 48.8 Å². The molecule has 0 atom stereocenters. The summed E-state index contributed by atoms with van der Waals surface area (Å²) in [6, 6.07) is 10.7. The summed E-state index contributed by atoms with van der Waals surface area (Å²) >= 11 is 0. The monoisotopic (exact) mass is 451 g/mol. The number of ether oxygens (including phenoxy) is 1. The molecule has 3 heterocycles. The van der Waals surface area contributed by atoms with E-state index in [2.05, 4.69) is 20.3 Å². The topological polar surface area (TPSA) is 89.3 Å². The molecule has 1 aliphatic rings. The molecule has 0 saturated carbocycles. The average molecular weight is 451 g/mol. The molecular formula is C22H19F2N7O2. The van der Waals surface area contributed by atoms with E-state index in [4.69, 9.17) is 4.74 Å². The summed E-state index contributed by atoms with van der Waals surface area (Å²) in [5.41, 5.74) is 1.30. The van der Waals surface area contributed by atoms with Gasteiger partial charge in [0.15, 0.2) is 17.0 Å². The van der Waals surface area contributed by atoms with Crippen molar-refractivity contribution in [2.45, 2.75) is 0 Å². The number of carbonyl (C=O) groups excluding carboxylic acids is 1. The van der Waals surface area contributed by atoms with Crippen LogP contribution in [0.2, 0.25) is 0 Å². The van der Waals surface area contributed by atoms with Gasteiger partial charge in [0.1, 0.15) is 29.3 Å². The molecule has 0 spiro atoms. The zero-order chi connectivity index (χ0) is 22.9. The zero-order valence-electron chi connectivity index (χ0n) is 17.7. The standard InChI is InChI=1S/C22H19F2N7O2/c1-33-15-7-5-14(6-8-15)31-21-19(27-28-31)20(25-13-26-21)29-9-11-30(12-10-29)22(32)18-16(23)3-2-4-17(18)24/h2-8,13H,9-12H2,1H3. The quantitative estimate of drug-likeness (QED) is 0.471. The summed E-state index contributed by atoms with van der Waals surface area (Å²) in [4.78, 5) is 24.8. The number of rotatable bonds is 4. The molecule has 2 aromatic heterocycles. The Morgan fingerprint density at radius 2 is 1.67 bits per heavy atom. The van der Waals surface area contributed by atoms with Crippen molar-refractivity contribution >= 4 is 22.9 Å². The van der Waals surface area contributed by atoms with Crippen molar-refractivity contribution in [3.05, 3.63) is 66.0 Å². The number of hydrogen-bond acceptors (Lipinski definition) is 7. The lowest BCUT2D eigenvalue weighted by atomic mass is 10.1. The molecule has 4 aromatic rings. The summed E-state index contributed by atoms with van der Waals surface area (Å²) < 4.78 is 34.8. The molecule has 5 rings (SSSR count). The van der Waals surface area contributed by atoms with Gasteiger partial charge in [0.2, 0.25) is 0 Å². The zero-order valence-corrected chi connectivity index (χ0v) is 17.7. The number of aromatic nitrogens is 5. The maximum Gasteiger partial charge on any atom is 0.259 e. The Balaban J connectivity index is 1.37. The average Bonchev–Trinajstić information content (AvgIpc) is 3.28. The predicted octanol–water partition coefficient (Wildman–Crippen LogP) is 2.46. The molecule has 2 aromatic carbocycles. The third-order valence-electron chi connectivity index (χ3n) is 5.58. The summed E-state index contributed by atoms with van der Waals surface area (Å²) in [6.07, 6.45) is 1.44. The van der Waals surface area contributed by atoms with Crippen molar-refractivity contribution in [2.24, 2.45) is 0 Å². The lowest BCUT2D eigenvalue weighted by molar-refractivity contribution is 0.0736. The number of halogens is 2. The molecule has 33 heavy (non-hydrogen) atoms. The number of carbonyl (C=O) groups is 1. The van der Waals surface area contributed by atoms with Gasteiger partial charge >= 0.3 is 0 Å². The largest absolute Gasteiger partial charge is 0.497 e. The summed E-state index contributed by atoms with van der Waals surface area (Å²) in [5, 5.41) is 8.50. The molecule has 168 valence electrons. The van der Waals surface area contributed by atoms with Crippen molar-refractivity contribution in [2.75, 3.05) is 38.2 Å². The van der Waals surface area contributed by atoms with Gasteiger partial charge in [-0.15, -0.1) is 5.10 Å². The number of benzene rings is 2. The summed E-state index contributed by atoms with van der Waals surface area (Å²) in [6.45, 7) is 1.40. The molecule has 9 nitrogen and oxygen atoms in total. The van der Waals surface area contributed by atoms with E-state index in [-0.39, 0.29) is 13.1 Å². The fourth-order valence-corrected chi connectivity index (χ4v) is 3.85. The molecular weight excluding hydrogens is 432 g/mol. The molecule has 1 amide bonds. The van der Waals surface area contributed by atoms with E-state index < -0.39 is 23.1 Å². The first kappa shape index (κ1) is 20.7. The first-order chi connectivity index (χ1) is 16.1. The molecule has 0 radical (unpaired) electrons. The highest BCUT2D eigenvalue weighted by atomic mass is 19.1. The van der Waals surface area contributed by atoms with Crippen molar-refractivity contribution in [1.29, 1.82) is 0 Å². The van der Waals surface area contributed by atoms with Crippen LogP contribution < -0.4 is 9.64 Å². The highest BCUT2D eigenvalue weighted by Gasteiger charge is 2.28. The Labute approximate surface area is 187 Å². The molecule has 1 fully saturated rings. The number of nitrogens with zero attached hydrogens (tertiary/aromatic N) is 7. The van der Waals surface area contributed by atoms with E-state index in [1.807, 2.05) is 29.2 Å². The van der Waals surface area contributed by atoms with Crippen LogP contribution in [-0.4, -0.2) is 69.1 Å².